The molecule has 0 aromatic rings. The number of rotatable bonds is 16. The van der Waals surface area contributed by atoms with Crippen LogP contribution in [-0.2, 0) is 37.9 Å². The largest absolute Gasteiger partial charge is 0.510 e. The second-order valence-corrected chi connectivity index (χ2v) is 24.4. The van der Waals surface area contributed by atoms with E-state index in [0.29, 0.717) is 25.7 Å². The van der Waals surface area contributed by atoms with Crippen LogP contribution in [0.4, 0.5) is 0 Å². The van der Waals surface area contributed by atoms with E-state index in [9.17, 15) is 76.6 Å². The third kappa shape index (κ3) is 16.9. The van der Waals surface area contributed by atoms with Crippen molar-refractivity contribution < 1.29 is 114 Å². The standard InChI is InChI=1S/C54H98O23/c1-24(2)13-17-31-30(55)22-36(56)75-47-46(65)54(69)52(77-53(47,54)23-29(11)12)74-34(20-16-27(7)8)39(59)42(62)49(67)70-32(18-14-25(3)4)37(57)41(61)48(66)71-33(19-15-26(5)6)38(58)43(63)50(68)76-45-35(21-28(9)10)73-51(72-31)44(64)40(45)60/h22,24-29,31-38,40-41,43-52,55-69H,13-21,23H2,1-12H3/b30-22+,42-39?. The first kappa shape index (κ1) is 67.6. The van der Waals surface area contributed by atoms with Crippen LogP contribution in [0.3, 0.4) is 0 Å². The topological polar surface area (TPSA) is 377 Å². The Morgan fingerprint density at radius 1 is 0.468 bits per heavy atom. The molecule has 0 amide bonds. The van der Waals surface area contributed by atoms with Gasteiger partial charge in [-0.05, 0) is 99.7 Å². The molecule has 452 valence electrons. The summed E-state index contributed by atoms with van der Waals surface area (Å²) >= 11 is 0. The maximum atomic E-state index is 12.2. The van der Waals surface area contributed by atoms with E-state index >= 15 is 0 Å². The summed E-state index contributed by atoms with van der Waals surface area (Å²) < 4.78 is 47.8. The Labute approximate surface area is 454 Å². The van der Waals surface area contributed by atoms with Crippen molar-refractivity contribution >= 4 is 0 Å². The van der Waals surface area contributed by atoms with Crippen LogP contribution >= 0.6 is 0 Å². The third-order valence-corrected chi connectivity index (χ3v) is 15.0. The zero-order chi connectivity index (χ0) is 58.2. The van der Waals surface area contributed by atoms with Gasteiger partial charge < -0.3 is 114 Å². The summed E-state index contributed by atoms with van der Waals surface area (Å²) in [5, 5.41) is 173. The first-order valence-corrected chi connectivity index (χ1v) is 27.8. The van der Waals surface area contributed by atoms with Crippen LogP contribution in [0.1, 0.15) is 147 Å². The summed E-state index contributed by atoms with van der Waals surface area (Å²) in [5.74, 6) is -3.17. The predicted octanol–water partition coefficient (Wildman–Crippen LogP) is 2.28. The Kier molecular flexibility index (Phi) is 25.8. The van der Waals surface area contributed by atoms with E-state index in [1.807, 2.05) is 69.2 Å². The van der Waals surface area contributed by atoms with Gasteiger partial charge in [0.1, 0.15) is 78.5 Å². The first-order valence-electron chi connectivity index (χ1n) is 27.8. The minimum atomic E-state index is -2.41. The van der Waals surface area contributed by atoms with Gasteiger partial charge in [-0.2, -0.15) is 0 Å². The van der Waals surface area contributed by atoms with Gasteiger partial charge in [0.25, 0.3) is 0 Å². The fraction of sp³-hybridized carbons (Fsp3) is 0.926. The lowest BCUT2D eigenvalue weighted by Gasteiger charge is -2.73. The SMILES string of the molecule is CC(C)CCC1OC2OC3(CC(C)C)C(OC(O)/C=C(/O)C(CCC(C)C)OC4OC(CC(C)C)C(OC(O)C(O)C(O)C(CCC(C)C)OC(O)C(O)C(O)C(CCC(C)C)OC(O)C(O)=C1O)C(O)C4O)C(O)C23O. The van der Waals surface area contributed by atoms with Crippen molar-refractivity contribution in [2.45, 2.75) is 282 Å². The number of aliphatic hydroxyl groups excluding tert-OH is 14. The van der Waals surface area contributed by atoms with Gasteiger partial charge in [-0.25, -0.2) is 0 Å². The fourth-order valence-corrected chi connectivity index (χ4v) is 10.4. The highest BCUT2D eigenvalue weighted by Crippen LogP contribution is 2.62. The Balaban J connectivity index is 1.83. The Morgan fingerprint density at radius 3 is 1.47 bits per heavy atom. The molecular weight excluding hydrogens is 1020 g/mol. The Hall–Kier alpha value is -1.92. The first-order chi connectivity index (χ1) is 35.8. The summed E-state index contributed by atoms with van der Waals surface area (Å²) in [6.45, 7) is 22.1. The summed E-state index contributed by atoms with van der Waals surface area (Å²) in [4.78, 5) is 0. The van der Waals surface area contributed by atoms with Crippen molar-refractivity contribution in [3.8, 4) is 0 Å². The molecule has 23 nitrogen and oxygen atoms in total. The summed E-state index contributed by atoms with van der Waals surface area (Å²) in [6.07, 6.45) is -34.7. The van der Waals surface area contributed by atoms with Gasteiger partial charge in [0.15, 0.2) is 48.6 Å². The summed E-state index contributed by atoms with van der Waals surface area (Å²) in [7, 11) is 0. The molecule has 0 radical (unpaired) electrons. The third-order valence-electron chi connectivity index (χ3n) is 15.0. The number of hydrogen-bond donors (Lipinski definition) is 15. The lowest BCUT2D eigenvalue weighted by atomic mass is 9.53. The van der Waals surface area contributed by atoms with Crippen molar-refractivity contribution in [3.63, 3.8) is 0 Å². The minimum absolute atomic E-state index is 0.00716. The van der Waals surface area contributed by atoms with E-state index in [0.717, 1.165) is 6.08 Å². The minimum Gasteiger partial charge on any atom is -0.510 e. The van der Waals surface area contributed by atoms with E-state index < -0.39 is 152 Å². The van der Waals surface area contributed by atoms with Crippen molar-refractivity contribution in [1.29, 1.82) is 0 Å². The molecule has 3 fully saturated rings. The molecule has 4 heterocycles. The average molecular weight is 1120 g/mol. The highest BCUT2D eigenvalue weighted by Gasteiger charge is 2.85. The summed E-state index contributed by atoms with van der Waals surface area (Å²) in [6, 6.07) is 0. The van der Waals surface area contributed by atoms with Crippen LogP contribution < -0.4 is 0 Å². The van der Waals surface area contributed by atoms with E-state index in [4.69, 9.17) is 37.9 Å². The second-order valence-electron chi connectivity index (χ2n) is 24.4. The zero-order valence-electron chi connectivity index (χ0n) is 47.1. The van der Waals surface area contributed by atoms with E-state index in [1.165, 1.54) is 0 Å². The average Bonchev–Trinajstić information content (AvgIpc) is 3.34. The van der Waals surface area contributed by atoms with E-state index in [-0.39, 0.29) is 74.0 Å². The fourth-order valence-electron chi connectivity index (χ4n) is 10.4. The molecule has 0 spiro atoms. The van der Waals surface area contributed by atoms with Gasteiger partial charge in [-0.1, -0.05) is 83.1 Å². The molecule has 0 aromatic carbocycles. The van der Waals surface area contributed by atoms with Crippen molar-refractivity contribution in [1.82, 2.24) is 0 Å². The van der Waals surface area contributed by atoms with Gasteiger partial charge in [0.05, 0.1) is 18.3 Å². The van der Waals surface area contributed by atoms with Crippen LogP contribution in [0.2, 0.25) is 0 Å². The Bertz CT molecular complexity index is 1820. The molecule has 4 aliphatic heterocycles. The molecular formula is C54H98O23. The highest BCUT2D eigenvalue weighted by molar-refractivity contribution is 5.32. The highest BCUT2D eigenvalue weighted by atomic mass is 16.8. The van der Waals surface area contributed by atoms with Gasteiger partial charge in [0, 0.05) is 6.08 Å². The van der Waals surface area contributed by atoms with Crippen LogP contribution in [-0.4, -0.2) is 211 Å². The molecule has 5 aliphatic rings. The number of ether oxygens (including phenoxy) is 8. The number of fused-ring (bicyclic) bond motifs is 20. The predicted molar refractivity (Wildman–Crippen MR) is 275 cm³/mol. The molecule has 1 aliphatic carbocycles. The van der Waals surface area contributed by atoms with Gasteiger partial charge in [0.2, 0.25) is 6.29 Å². The van der Waals surface area contributed by atoms with Gasteiger partial charge in [-0.3, -0.25) is 0 Å². The van der Waals surface area contributed by atoms with Gasteiger partial charge in [-0.15, -0.1) is 0 Å². The molecule has 5 rings (SSSR count). The van der Waals surface area contributed by atoms with Crippen LogP contribution in [0.5, 0.6) is 0 Å². The number of hydrogen-bond acceptors (Lipinski definition) is 23. The van der Waals surface area contributed by atoms with Crippen LogP contribution in [0.15, 0.2) is 23.4 Å². The van der Waals surface area contributed by atoms with E-state index in [2.05, 4.69) is 0 Å². The molecule has 22 unspecified atom stereocenters. The molecule has 77 heavy (non-hydrogen) atoms. The summed E-state index contributed by atoms with van der Waals surface area (Å²) in [5.41, 5.74) is -3.98. The Morgan fingerprint density at radius 2 is 0.961 bits per heavy atom. The molecule has 22 atom stereocenters. The van der Waals surface area contributed by atoms with Crippen molar-refractivity contribution in [2.24, 2.45) is 35.5 Å². The molecule has 2 saturated heterocycles. The van der Waals surface area contributed by atoms with Crippen LogP contribution in [0.25, 0.3) is 0 Å². The lowest BCUT2D eigenvalue weighted by molar-refractivity contribution is -0.532. The molecule has 4 bridgehead atoms. The second kappa shape index (κ2) is 29.4. The van der Waals surface area contributed by atoms with Gasteiger partial charge >= 0.3 is 0 Å². The quantitative estimate of drug-likeness (QED) is 0.105. The lowest BCUT2D eigenvalue weighted by Crippen LogP contribution is -2.95. The molecule has 1 saturated carbocycles. The zero-order valence-corrected chi connectivity index (χ0v) is 47.1. The maximum Gasteiger partial charge on any atom is 0.217 e. The smallest absolute Gasteiger partial charge is 0.217 e. The van der Waals surface area contributed by atoms with Crippen molar-refractivity contribution in [3.05, 3.63) is 23.4 Å². The van der Waals surface area contributed by atoms with Crippen molar-refractivity contribution in [2.75, 3.05) is 0 Å². The maximum absolute atomic E-state index is 12.2. The monoisotopic (exact) mass is 1110 g/mol. The normalized spacial score (nSPS) is 42.5. The molecule has 23 heteroatoms. The van der Waals surface area contributed by atoms with Crippen LogP contribution in [0, 0.1) is 35.5 Å². The molecule has 15 N–H and O–H groups in total. The van der Waals surface area contributed by atoms with E-state index in [1.54, 1.807) is 13.8 Å². The number of aliphatic hydroxyl groups is 15. The molecule has 0 aromatic heterocycles.